The fourth-order valence-corrected chi connectivity index (χ4v) is 3.26. The molecule has 2 rings (SSSR count). The standard InChI is InChI=1S/C16H23N3O2S/c1-4-13(3)14-6-8-16(9-7-14)22(20,21)18-12-15-10-11-17-19(15)5-2/h6-11,13,18H,4-5,12H2,1-3H3. The second-order valence-electron chi connectivity index (χ2n) is 5.34. The highest BCUT2D eigenvalue weighted by atomic mass is 32.2. The number of aromatic nitrogens is 2. The third kappa shape index (κ3) is 3.75. The van der Waals surface area contributed by atoms with Crippen molar-refractivity contribution in [1.82, 2.24) is 14.5 Å². The number of aryl methyl sites for hydroxylation is 1. The minimum Gasteiger partial charge on any atom is -0.269 e. The molecule has 0 saturated heterocycles. The van der Waals surface area contributed by atoms with Crippen molar-refractivity contribution in [1.29, 1.82) is 0 Å². The molecule has 6 heteroatoms. The Morgan fingerprint density at radius 3 is 2.45 bits per heavy atom. The molecular formula is C16H23N3O2S. The smallest absolute Gasteiger partial charge is 0.240 e. The van der Waals surface area contributed by atoms with Crippen LogP contribution in [0.3, 0.4) is 0 Å². The van der Waals surface area contributed by atoms with Crippen LogP contribution in [0.25, 0.3) is 0 Å². The molecule has 0 bridgehead atoms. The quantitative estimate of drug-likeness (QED) is 0.853. The van der Waals surface area contributed by atoms with E-state index in [1.165, 1.54) is 0 Å². The second-order valence-corrected chi connectivity index (χ2v) is 7.11. The van der Waals surface area contributed by atoms with E-state index in [1.54, 1.807) is 23.0 Å². The summed E-state index contributed by atoms with van der Waals surface area (Å²) in [5.74, 6) is 0.434. The molecule has 1 unspecified atom stereocenters. The predicted molar refractivity (Wildman–Crippen MR) is 87.1 cm³/mol. The van der Waals surface area contributed by atoms with E-state index in [9.17, 15) is 8.42 Å². The molecule has 0 aliphatic carbocycles. The van der Waals surface area contributed by atoms with Gasteiger partial charge >= 0.3 is 0 Å². The van der Waals surface area contributed by atoms with Crippen molar-refractivity contribution < 1.29 is 8.42 Å². The van der Waals surface area contributed by atoms with Gasteiger partial charge in [0.1, 0.15) is 0 Å². The maximum absolute atomic E-state index is 12.3. The lowest BCUT2D eigenvalue weighted by molar-refractivity contribution is 0.570. The number of benzene rings is 1. The summed E-state index contributed by atoms with van der Waals surface area (Å²) in [6, 6.07) is 8.93. The van der Waals surface area contributed by atoms with E-state index < -0.39 is 10.0 Å². The first-order valence-electron chi connectivity index (χ1n) is 7.58. The average Bonchev–Trinajstić information content (AvgIpc) is 3.00. The number of nitrogens with zero attached hydrogens (tertiary/aromatic N) is 2. The van der Waals surface area contributed by atoms with E-state index in [0.717, 1.165) is 17.7 Å². The molecule has 1 heterocycles. The zero-order chi connectivity index (χ0) is 16.2. The third-order valence-electron chi connectivity index (χ3n) is 3.92. The molecule has 1 atom stereocenters. The van der Waals surface area contributed by atoms with Crippen molar-refractivity contribution in [3.05, 3.63) is 47.8 Å². The summed E-state index contributed by atoms with van der Waals surface area (Å²) < 4.78 is 29.1. The average molecular weight is 321 g/mol. The normalized spacial score (nSPS) is 13.2. The summed E-state index contributed by atoms with van der Waals surface area (Å²) in [6.45, 7) is 7.18. The fraction of sp³-hybridized carbons (Fsp3) is 0.438. The lowest BCUT2D eigenvalue weighted by Crippen LogP contribution is -2.24. The molecule has 0 amide bonds. The van der Waals surface area contributed by atoms with Gasteiger partial charge in [-0.05, 0) is 43.0 Å². The maximum Gasteiger partial charge on any atom is 0.240 e. The van der Waals surface area contributed by atoms with Gasteiger partial charge in [0.05, 0.1) is 17.1 Å². The molecule has 0 saturated carbocycles. The summed E-state index contributed by atoms with van der Waals surface area (Å²) >= 11 is 0. The molecule has 22 heavy (non-hydrogen) atoms. The van der Waals surface area contributed by atoms with Gasteiger partial charge in [0.2, 0.25) is 10.0 Å². The Hall–Kier alpha value is -1.66. The highest BCUT2D eigenvalue weighted by Gasteiger charge is 2.15. The highest BCUT2D eigenvalue weighted by molar-refractivity contribution is 7.89. The Balaban J connectivity index is 2.10. The minimum absolute atomic E-state index is 0.239. The van der Waals surface area contributed by atoms with E-state index >= 15 is 0 Å². The van der Waals surface area contributed by atoms with E-state index in [4.69, 9.17) is 0 Å². The van der Waals surface area contributed by atoms with Gasteiger partial charge in [0.25, 0.3) is 0 Å². The highest BCUT2D eigenvalue weighted by Crippen LogP contribution is 2.20. The number of hydrogen-bond donors (Lipinski definition) is 1. The first-order valence-corrected chi connectivity index (χ1v) is 9.06. The van der Waals surface area contributed by atoms with Crippen molar-refractivity contribution in [3.63, 3.8) is 0 Å². The number of hydrogen-bond acceptors (Lipinski definition) is 3. The van der Waals surface area contributed by atoms with E-state index in [1.807, 2.05) is 25.1 Å². The molecule has 1 N–H and O–H groups in total. The summed E-state index contributed by atoms with van der Waals surface area (Å²) in [7, 11) is -3.50. The third-order valence-corrected chi connectivity index (χ3v) is 5.34. The van der Waals surface area contributed by atoms with Crippen LogP contribution in [-0.2, 0) is 23.1 Å². The van der Waals surface area contributed by atoms with Gasteiger partial charge < -0.3 is 0 Å². The Bertz CT molecular complexity index is 705. The number of sulfonamides is 1. The maximum atomic E-state index is 12.3. The fourth-order valence-electron chi connectivity index (χ4n) is 2.26. The van der Waals surface area contributed by atoms with Crippen LogP contribution < -0.4 is 4.72 Å². The van der Waals surface area contributed by atoms with Crippen LogP contribution in [0, 0.1) is 0 Å². The molecule has 0 spiro atoms. The van der Waals surface area contributed by atoms with Crippen molar-refractivity contribution in [3.8, 4) is 0 Å². The van der Waals surface area contributed by atoms with E-state index in [-0.39, 0.29) is 6.54 Å². The lowest BCUT2D eigenvalue weighted by Gasteiger charge is -2.11. The molecule has 120 valence electrons. The topological polar surface area (TPSA) is 64.0 Å². The van der Waals surface area contributed by atoms with Crippen molar-refractivity contribution >= 4 is 10.0 Å². The number of nitrogens with one attached hydrogen (secondary N) is 1. The predicted octanol–water partition coefficient (Wildman–Crippen LogP) is 2.90. The number of rotatable bonds is 7. The van der Waals surface area contributed by atoms with Crippen LogP contribution in [0.2, 0.25) is 0 Å². The van der Waals surface area contributed by atoms with Crippen molar-refractivity contribution in [2.24, 2.45) is 0 Å². The van der Waals surface area contributed by atoms with Gasteiger partial charge in [-0.2, -0.15) is 5.10 Å². The monoisotopic (exact) mass is 321 g/mol. The Labute approximate surface area is 132 Å². The van der Waals surface area contributed by atoms with Crippen LogP contribution in [0.15, 0.2) is 41.4 Å². The van der Waals surface area contributed by atoms with Crippen LogP contribution in [0.5, 0.6) is 0 Å². The Morgan fingerprint density at radius 1 is 1.18 bits per heavy atom. The molecule has 2 aromatic rings. The minimum atomic E-state index is -3.50. The SMILES string of the molecule is CCC(C)c1ccc(S(=O)(=O)NCc2ccnn2CC)cc1. The van der Waals surface area contributed by atoms with Crippen LogP contribution in [0.1, 0.15) is 44.4 Å². The molecule has 5 nitrogen and oxygen atoms in total. The first-order chi connectivity index (χ1) is 10.5. The van der Waals surface area contributed by atoms with Crippen molar-refractivity contribution in [2.75, 3.05) is 0 Å². The zero-order valence-electron chi connectivity index (χ0n) is 13.3. The Kier molecular flexibility index (Phi) is 5.37. The summed E-state index contributed by atoms with van der Waals surface area (Å²) in [6.07, 6.45) is 2.71. The van der Waals surface area contributed by atoms with Crippen LogP contribution in [0.4, 0.5) is 0 Å². The van der Waals surface area contributed by atoms with Gasteiger partial charge in [0.15, 0.2) is 0 Å². The van der Waals surface area contributed by atoms with Gasteiger partial charge in [-0.1, -0.05) is 26.0 Å². The van der Waals surface area contributed by atoms with Crippen molar-refractivity contribution in [2.45, 2.75) is 51.1 Å². The zero-order valence-corrected chi connectivity index (χ0v) is 14.1. The first kappa shape index (κ1) is 16.7. The lowest BCUT2D eigenvalue weighted by atomic mass is 9.99. The molecule has 0 radical (unpaired) electrons. The second kappa shape index (κ2) is 7.07. The summed E-state index contributed by atoms with van der Waals surface area (Å²) in [4.78, 5) is 0.294. The molecule has 0 aliphatic rings. The van der Waals surface area contributed by atoms with Gasteiger partial charge in [-0.3, -0.25) is 4.68 Å². The Morgan fingerprint density at radius 2 is 1.86 bits per heavy atom. The van der Waals surface area contributed by atoms with Gasteiger partial charge in [-0.25, -0.2) is 13.1 Å². The molecular weight excluding hydrogens is 298 g/mol. The van der Waals surface area contributed by atoms with Crippen LogP contribution in [-0.4, -0.2) is 18.2 Å². The molecule has 0 aliphatic heterocycles. The van der Waals surface area contributed by atoms with E-state index in [2.05, 4.69) is 23.7 Å². The summed E-state index contributed by atoms with van der Waals surface area (Å²) in [5, 5.41) is 4.13. The molecule has 1 aromatic carbocycles. The summed E-state index contributed by atoms with van der Waals surface area (Å²) in [5.41, 5.74) is 2.01. The van der Waals surface area contributed by atoms with Gasteiger partial charge in [0, 0.05) is 12.7 Å². The molecule has 1 aromatic heterocycles. The van der Waals surface area contributed by atoms with Gasteiger partial charge in [-0.15, -0.1) is 0 Å². The molecule has 0 fully saturated rings. The largest absolute Gasteiger partial charge is 0.269 e. The van der Waals surface area contributed by atoms with Crippen LogP contribution >= 0.6 is 0 Å². The van der Waals surface area contributed by atoms with E-state index in [0.29, 0.717) is 17.4 Å².